The lowest BCUT2D eigenvalue weighted by Crippen LogP contribution is -2.25. The summed E-state index contributed by atoms with van der Waals surface area (Å²) in [5, 5.41) is 2.83. The molecule has 1 amide bonds. The van der Waals surface area contributed by atoms with Crippen LogP contribution < -0.4 is 10.0 Å². The molecule has 0 aliphatic carbocycles. The molecule has 2 aromatic rings. The van der Waals surface area contributed by atoms with Gasteiger partial charge in [-0.05, 0) is 24.1 Å². The molecule has 0 saturated carbocycles. The zero-order chi connectivity index (χ0) is 18.3. The van der Waals surface area contributed by atoms with Crippen molar-refractivity contribution < 1.29 is 13.2 Å². The maximum absolute atomic E-state index is 12.0. The Morgan fingerprint density at radius 2 is 1.76 bits per heavy atom. The third-order valence-electron chi connectivity index (χ3n) is 3.41. The number of anilines is 1. The van der Waals surface area contributed by atoms with E-state index in [1.54, 1.807) is 36.0 Å². The lowest BCUT2D eigenvalue weighted by molar-refractivity contribution is -0.118. The number of hydrogen-bond donors (Lipinski definition) is 2. The number of nitrogens with one attached hydrogen (secondary N) is 2. The van der Waals surface area contributed by atoms with Gasteiger partial charge >= 0.3 is 0 Å². The molecule has 2 N–H and O–H groups in total. The van der Waals surface area contributed by atoms with Crippen molar-refractivity contribution in [2.24, 2.45) is 0 Å². The summed E-state index contributed by atoms with van der Waals surface area (Å²) in [5.74, 6) is 1.06. The van der Waals surface area contributed by atoms with Crippen molar-refractivity contribution in [1.82, 2.24) is 5.32 Å². The second kappa shape index (κ2) is 8.92. The minimum absolute atomic E-state index is 0.0775. The number of carbonyl (C=O) groups excluding carboxylic acids is 1. The Bertz CT molecular complexity index is 818. The number of aryl methyl sites for hydroxylation is 1. The number of sulfonamides is 1. The third kappa shape index (κ3) is 7.19. The molecular formula is C18H22N2O3S2. The minimum atomic E-state index is -3.35. The molecule has 0 radical (unpaired) electrons. The van der Waals surface area contributed by atoms with Crippen LogP contribution in [-0.4, -0.2) is 26.3 Å². The molecule has 0 aliphatic rings. The van der Waals surface area contributed by atoms with Gasteiger partial charge < -0.3 is 5.32 Å². The van der Waals surface area contributed by atoms with E-state index in [1.165, 1.54) is 11.1 Å². The molecule has 0 bridgehead atoms. The van der Waals surface area contributed by atoms with Crippen LogP contribution in [0.25, 0.3) is 0 Å². The number of thioether (sulfide) groups is 1. The largest absolute Gasteiger partial charge is 0.351 e. The zero-order valence-electron chi connectivity index (χ0n) is 14.3. The molecule has 0 aliphatic heterocycles. The molecule has 0 unspecified atom stereocenters. The van der Waals surface area contributed by atoms with Gasteiger partial charge in [0.25, 0.3) is 0 Å². The second-order valence-electron chi connectivity index (χ2n) is 5.79. The van der Waals surface area contributed by atoms with Crippen molar-refractivity contribution >= 4 is 33.4 Å². The van der Waals surface area contributed by atoms with Gasteiger partial charge in [0.1, 0.15) is 0 Å². The van der Waals surface area contributed by atoms with E-state index in [4.69, 9.17) is 0 Å². The average Bonchev–Trinajstić information content (AvgIpc) is 2.54. The molecule has 0 atom stereocenters. The van der Waals surface area contributed by atoms with Crippen LogP contribution in [-0.2, 0) is 27.1 Å². The fourth-order valence-corrected chi connectivity index (χ4v) is 3.58. The normalized spacial score (nSPS) is 11.1. The van der Waals surface area contributed by atoms with E-state index in [1.807, 2.05) is 6.92 Å². The minimum Gasteiger partial charge on any atom is -0.351 e. The summed E-state index contributed by atoms with van der Waals surface area (Å²) >= 11 is 1.55. The smallest absolute Gasteiger partial charge is 0.230 e. The van der Waals surface area contributed by atoms with Crippen LogP contribution in [0.4, 0.5) is 5.69 Å². The van der Waals surface area contributed by atoms with Crippen molar-refractivity contribution in [1.29, 1.82) is 0 Å². The summed E-state index contributed by atoms with van der Waals surface area (Å²) in [4.78, 5) is 12.0. The van der Waals surface area contributed by atoms with E-state index in [2.05, 4.69) is 34.3 Å². The molecule has 2 aromatic carbocycles. The van der Waals surface area contributed by atoms with E-state index >= 15 is 0 Å². The number of rotatable bonds is 8. The summed E-state index contributed by atoms with van der Waals surface area (Å²) in [7, 11) is -3.35. The van der Waals surface area contributed by atoms with Crippen LogP contribution in [0.2, 0.25) is 0 Å². The second-order valence-corrected chi connectivity index (χ2v) is 8.52. The van der Waals surface area contributed by atoms with Crippen LogP contribution in [0, 0.1) is 6.92 Å². The van der Waals surface area contributed by atoms with Gasteiger partial charge in [-0.3, -0.25) is 9.52 Å². The first-order valence-corrected chi connectivity index (χ1v) is 10.8. The van der Waals surface area contributed by atoms with Gasteiger partial charge in [-0.2, -0.15) is 0 Å². The van der Waals surface area contributed by atoms with E-state index < -0.39 is 10.0 Å². The van der Waals surface area contributed by atoms with E-state index in [0.29, 0.717) is 11.4 Å². The summed E-state index contributed by atoms with van der Waals surface area (Å²) in [5.41, 5.74) is 3.61. The van der Waals surface area contributed by atoms with Gasteiger partial charge in [0.2, 0.25) is 15.9 Å². The number of para-hydroxylation sites is 1. The predicted octanol–water partition coefficient (Wildman–Crippen LogP) is 2.92. The van der Waals surface area contributed by atoms with Crippen LogP contribution in [0.15, 0.2) is 48.5 Å². The highest BCUT2D eigenvalue weighted by molar-refractivity contribution is 7.99. The number of benzene rings is 2. The average molecular weight is 379 g/mol. The maximum Gasteiger partial charge on any atom is 0.230 e. The van der Waals surface area contributed by atoms with Crippen molar-refractivity contribution in [3.63, 3.8) is 0 Å². The fourth-order valence-electron chi connectivity index (χ4n) is 2.16. The van der Waals surface area contributed by atoms with E-state index in [-0.39, 0.29) is 12.5 Å². The van der Waals surface area contributed by atoms with Crippen molar-refractivity contribution in [2.75, 3.05) is 16.7 Å². The van der Waals surface area contributed by atoms with Crippen LogP contribution in [0.1, 0.15) is 16.7 Å². The fraction of sp³-hybridized carbons (Fsp3) is 0.278. The van der Waals surface area contributed by atoms with Gasteiger partial charge in [-0.1, -0.05) is 48.0 Å². The number of amides is 1. The maximum atomic E-state index is 12.0. The predicted molar refractivity (Wildman–Crippen MR) is 104 cm³/mol. The molecule has 0 fully saturated rings. The van der Waals surface area contributed by atoms with Gasteiger partial charge in [-0.25, -0.2) is 8.42 Å². The Balaban J connectivity index is 1.81. The molecule has 25 heavy (non-hydrogen) atoms. The molecule has 0 heterocycles. The third-order valence-corrected chi connectivity index (χ3v) is 5.01. The Hall–Kier alpha value is -1.99. The summed E-state index contributed by atoms with van der Waals surface area (Å²) in [6, 6.07) is 15.3. The highest BCUT2D eigenvalue weighted by atomic mass is 32.2. The van der Waals surface area contributed by atoms with Gasteiger partial charge in [0.05, 0.1) is 17.7 Å². The topological polar surface area (TPSA) is 75.3 Å². The van der Waals surface area contributed by atoms with Crippen molar-refractivity contribution in [3.05, 3.63) is 65.2 Å². The number of carbonyl (C=O) groups is 1. The first kappa shape index (κ1) is 19.3. The van der Waals surface area contributed by atoms with Crippen molar-refractivity contribution in [2.45, 2.75) is 19.2 Å². The molecule has 134 valence electrons. The molecule has 2 rings (SSSR count). The highest BCUT2D eigenvalue weighted by Gasteiger charge is 2.08. The van der Waals surface area contributed by atoms with Gasteiger partial charge in [0, 0.05) is 12.3 Å². The first-order valence-electron chi connectivity index (χ1n) is 7.79. The number of hydrogen-bond acceptors (Lipinski definition) is 4. The highest BCUT2D eigenvalue weighted by Crippen LogP contribution is 2.16. The van der Waals surface area contributed by atoms with Crippen LogP contribution in [0.5, 0.6) is 0 Å². The first-order chi connectivity index (χ1) is 11.8. The summed E-state index contributed by atoms with van der Waals surface area (Å²) < 4.78 is 25.2. The van der Waals surface area contributed by atoms with Gasteiger partial charge in [0.15, 0.2) is 0 Å². The standard InChI is InChI=1S/C18H22N2O3S2/c1-14-7-9-15(10-8-14)12-24-13-18(21)19-11-16-5-3-4-6-17(16)20-25(2,22)23/h3-10,20H,11-13H2,1-2H3,(H,19,21). The Kier molecular flexibility index (Phi) is 6.90. The lowest BCUT2D eigenvalue weighted by atomic mass is 10.2. The van der Waals surface area contributed by atoms with Crippen molar-refractivity contribution in [3.8, 4) is 0 Å². The molecular weight excluding hydrogens is 356 g/mol. The molecule has 7 heteroatoms. The molecule has 5 nitrogen and oxygen atoms in total. The lowest BCUT2D eigenvalue weighted by Gasteiger charge is -2.11. The molecule has 0 saturated heterocycles. The van der Waals surface area contributed by atoms with Crippen LogP contribution >= 0.6 is 11.8 Å². The van der Waals surface area contributed by atoms with E-state index in [0.717, 1.165) is 17.6 Å². The quantitative estimate of drug-likeness (QED) is 0.741. The SMILES string of the molecule is Cc1ccc(CSCC(=O)NCc2ccccc2NS(C)(=O)=O)cc1. The summed E-state index contributed by atoms with van der Waals surface area (Å²) in [6.45, 7) is 2.32. The summed E-state index contributed by atoms with van der Waals surface area (Å²) in [6.07, 6.45) is 1.10. The Labute approximate surface area is 153 Å². The Morgan fingerprint density at radius 1 is 1.08 bits per heavy atom. The van der Waals surface area contributed by atoms with Crippen LogP contribution in [0.3, 0.4) is 0 Å². The zero-order valence-corrected chi connectivity index (χ0v) is 15.9. The van der Waals surface area contributed by atoms with E-state index in [9.17, 15) is 13.2 Å². The monoisotopic (exact) mass is 378 g/mol. The molecule has 0 aromatic heterocycles. The van der Waals surface area contributed by atoms with Gasteiger partial charge in [-0.15, -0.1) is 11.8 Å². The Morgan fingerprint density at radius 3 is 2.44 bits per heavy atom. The molecule has 0 spiro atoms.